The van der Waals surface area contributed by atoms with Crippen LogP contribution in [-0.4, -0.2) is 60.3 Å². The Hall–Kier alpha value is -1.14. The summed E-state index contributed by atoms with van der Waals surface area (Å²) in [5, 5.41) is 18.0. The minimum absolute atomic E-state index is 0.801. The van der Waals surface area contributed by atoms with Crippen LogP contribution in [0.15, 0.2) is 0 Å². The van der Waals surface area contributed by atoms with Gasteiger partial charge in [-0.1, -0.05) is 0 Å². The van der Waals surface area contributed by atoms with Crippen LogP contribution in [0.4, 0.5) is 0 Å². The fourth-order valence-corrected chi connectivity index (χ4v) is 1.47. The van der Waals surface area contributed by atoms with E-state index in [1.54, 1.807) is 0 Å². The zero-order valence-electron chi connectivity index (χ0n) is 9.06. The molecule has 0 aromatic carbocycles. The molecule has 6 heteroatoms. The maximum absolute atomic E-state index is 9.10. The molecular weight excluding hydrogens is 200 g/mol. The first kappa shape index (κ1) is 13.9. The number of carboxylic acid groups (broad SMARTS) is 2. The third-order valence-corrected chi connectivity index (χ3v) is 2.29. The molecule has 1 aliphatic rings. The molecule has 0 aromatic heterocycles. The van der Waals surface area contributed by atoms with Crippen LogP contribution >= 0.6 is 0 Å². The third-order valence-electron chi connectivity index (χ3n) is 2.29. The van der Waals surface area contributed by atoms with E-state index in [9.17, 15) is 0 Å². The minimum atomic E-state index is -1.82. The van der Waals surface area contributed by atoms with Crippen molar-refractivity contribution in [3.8, 4) is 0 Å². The van der Waals surface area contributed by atoms with Gasteiger partial charge in [-0.25, -0.2) is 9.59 Å². The molecule has 88 valence electrons. The van der Waals surface area contributed by atoms with Gasteiger partial charge in [0.25, 0.3) is 0 Å². The predicted molar refractivity (Wildman–Crippen MR) is 54.9 cm³/mol. The van der Waals surface area contributed by atoms with Crippen molar-refractivity contribution in [2.75, 3.05) is 27.2 Å². The first-order chi connectivity index (χ1) is 6.99. The van der Waals surface area contributed by atoms with Gasteiger partial charge in [0.15, 0.2) is 0 Å². The largest absolute Gasteiger partial charge is 0.473 e. The van der Waals surface area contributed by atoms with Crippen molar-refractivity contribution >= 4 is 11.9 Å². The Bertz CT molecular complexity index is 208. The summed E-state index contributed by atoms with van der Waals surface area (Å²) < 4.78 is 0. The Morgan fingerprint density at radius 3 is 2.20 bits per heavy atom. The Kier molecular flexibility index (Phi) is 6.64. The van der Waals surface area contributed by atoms with E-state index in [1.165, 1.54) is 19.4 Å². The number of likely N-dealkylation sites (N-methyl/N-ethyl adjacent to an activating group) is 2. The van der Waals surface area contributed by atoms with Gasteiger partial charge in [-0.15, -0.1) is 0 Å². The van der Waals surface area contributed by atoms with Crippen LogP contribution in [0.1, 0.15) is 12.8 Å². The molecule has 0 amide bonds. The highest BCUT2D eigenvalue weighted by Crippen LogP contribution is 2.12. The fourth-order valence-electron chi connectivity index (χ4n) is 1.47. The monoisotopic (exact) mass is 218 g/mol. The van der Waals surface area contributed by atoms with E-state index in [1.807, 2.05) is 7.05 Å². The second-order valence-electron chi connectivity index (χ2n) is 3.44. The zero-order valence-corrected chi connectivity index (χ0v) is 9.06. The number of carbonyl (C=O) groups is 2. The summed E-state index contributed by atoms with van der Waals surface area (Å²) in [5.74, 6) is -3.65. The van der Waals surface area contributed by atoms with E-state index >= 15 is 0 Å². The molecule has 1 aliphatic heterocycles. The summed E-state index contributed by atoms with van der Waals surface area (Å²) in [6.45, 7) is 2.43. The van der Waals surface area contributed by atoms with E-state index in [0.717, 1.165) is 12.6 Å². The van der Waals surface area contributed by atoms with E-state index in [2.05, 4.69) is 17.3 Å². The predicted octanol–water partition coefficient (Wildman–Crippen LogP) is -0.544. The van der Waals surface area contributed by atoms with Crippen molar-refractivity contribution in [2.45, 2.75) is 18.9 Å². The molecule has 0 saturated carbocycles. The quantitative estimate of drug-likeness (QED) is 0.539. The number of carboxylic acids is 2. The SMILES string of the molecule is CNCC1CCCN1C.O=C(O)C(=O)O. The lowest BCUT2D eigenvalue weighted by atomic mass is 10.2. The lowest BCUT2D eigenvalue weighted by Crippen LogP contribution is -2.33. The van der Waals surface area contributed by atoms with Crippen LogP contribution in [0.2, 0.25) is 0 Å². The van der Waals surface area contributed by atoms with Gasteiger partial charge in [0.05, 0.1) is 0 Å². The number of nitrogens with zero attached hydrogens (tertiary/aromatic N) is 1. The third kappa shape index (κ3) is 6.03. The van der Waals surface area contributed by atoms with Crippen molar-refractivity contribution in [1.82, 2.24) is 10.2 Å². The van der Waals surface area contributed by atoms with Crippen molar-refractivity contribution in [2.24, 2.45) is 0 Å². The first-order valence-corrected chi connectivity index (χ1v) is 4.80. The standard InChI is InChI=1S/C7H16N2.C2H2O4/c1-8-6-7-4-3-5-9(7)2;3-1(4)2(5)6/h7-8H,3-6H2,1-2H3;(H,3,4)(H,5,6). The number of likely N-dealkylation sites (tertiary alicyclic amines) is 1. The lowest BCUT2D eigenvalue weighted by Gasteiger charge is -2.18. The summed E-state index contributed by atoms with van der Waals surface area (Å²) in [6.07, 6.45) is 2.75. The van der Waals surface area contributed by atoms with Gasteiger partial charge < -0.3 is 20.4 Å². The van der Waals surface area contributed by atoms with E-state index in [4.69, 9.17) is 19.8 Å². The molecule has 1 saturated heterocycles. The van der Waals surface area contributed by atoms with Gasteiger partial charge in [0, 0.05) is 12.6 Å². The molecule has 0 aliphatic carbocycles. The second kappa shape index (κ2) is 7.19. The van der Waals surface area contributed by atoms with Gasteiger partial charge in [-0.3, -0.25) is 0 Å². The number of nitrogens with one attached hydrogen (secondary N) is 1. The van der Waals surface area contributed by atoms with Gasteiger partial charge >= 0.3 is 11.9 Å². The van der Waals surface area contributed by atoms with Gasteiger partial charge in [0.1, 0.15) is 0 Å². The molecule has 3 N–H and O–H groups in total. The topological polar surface area (TPSA) is 89.9 Å². The van der Waals surface area contributed by atoms with Gasteiger partial charge in [-0.05, 0) is 33.5 Å². The van der Waals surface area contributed by atoms with E-state index in [0.29, 0.717) is 0 Å². The first-order valence-electron chi connectivity index (χ1n) is 4.80. The maximum Gasteiger partial charge on any atom is 0.414 e. The van der Waals surface area contributed by atoms with Crippen LogP contribution in [-0.2, 0) is 9.59 Å². The molecule has 0 spiro atoms. The smallest absolute Gasteiger partial charge is 0.414 e. The molecule has 1 rings (SSSR count). The number of aliphatic carboxylic acids is 2. The molecule has 1 fully saturated rings. The highest BCUT2D eigenvalue weighted by atomic mass is 16.4. The highest BCUT2D eigenvalue weighted by Gasteiger charge is 2.18. The Morgan fingerprint density at radius 1 is 1.40 bits per heavy atom. The van der Waals surface area contributed by atoms with Gasteiger partial charge in [0.2, 0.25) is 0 Å². The summed E-state index contributed by atoms with van der Waals surface area (Å²) >= 11 is 0. The molecule has 0 aromatic rings. The zero-order chi connectivity index (χ0) is 11.8. The molecule has 1 unspecified atom stereocenters. The molecule has 1 atom stereocenters. The highest BCUT2D eigenvalue weighted by molar-refractivity contribution is 6.27. The van der Waals surface area contributed by atoms with Crippen LogP contribution in [0.25, 0.3) is 0 Å². The van der Waals surface area contributed by atoms with E-state index < -0.39 is 11.9 Å². The Labute approximate surface area is 88.9 Å². The number of rotatable bonds is 2. The van der Waals surface area contributed by atoms with Crippen LogP contribution in [0, 0.1) is 0 Å². The summed E-state index contributed by atoms with van der Waals surface area (Å²) in [4.78, 5) is 20.6. The molecule has 6 nitrogen and oxygen atoms in total. The average molecular weight is 218 g/mol. The van der Waals surface area contributed by atoms with Gasteiger partial charge in [-0.2, -0.15) is 0 Å². The van der Waals surface area contributed by atoms with Crippen molar-refractivity contribution < 1.29 is 19.8 Å². The van der Waals surface area contributed by atoms with Crippen molar-refractivity contribution in [3.05, 3.63) is 0 Å². The average Bonchev–Trinajstić information content (AvgIpc) is 2.53. The molecule has 15 heavy (non-hydrogen) atoms. The fraction of sp³-hybridized carbons (Fsp3) is 0.778. The molecule has 0 radical (unpaired) electrons. The molecule has 1 heterocycles. The van der Waals surface area contributed by atoms with Crippen LogP contribution in [0.5, 0.6) is 0 Å². The molecule has 0 bridgehead atoms. The van der Waals surface area contributed by atoms with Crippen molar-refractivity contribution in [1.29, 1.82) is 0 Å². The summed E-state index contributed by atoms with van der Waals surface area (Å²) in [5.41, 5.74) is 0. The molecular formula is C9H18N2O4. The number of hydrogen-bond acceptors (Lipinski definition) is 4. The minimum Gasteiger partial charge on any atom is -0.473 e. The van der Waals surface area contributed by atoms with Crippen LogP contribution in [0.3, 0.4) is 0 Å². The van der Waals surface area contributed by atoms with Crippen LogP contribution < -0.4 is 5.32 Å². The van der Waals surface area contributed by atoms with Crippen molar-refractivity contribution in [3.63, 3.8) is 0 Å². The number of hydrogen-bond donors (Lipinski definition) is 3. The second-order valence-corrected chi connectivity index (χ2v) is 3.44. The lowest BCUT2D eigenvalue weighted by molar-refractivity contribution is -0.159. The Balaban J connectivity index is 0.000000288. The van der Waals surface area contributed by atoms with E-state index in [-0.39, 0.29) is 0 Å². The summed E-state index contributed by atoms with van der Waals surface area (Å²) in [7, 11) is 4.22. The Morgan fingerprint density at radius 2 is 1.93 bits per heavy atom. The maximum atomic E-state index is 9.10. The normalized spacial score (nSPS) is 20.5. The summed E-state index contributed by atoms with van der Waals surface area (Å²) in [6, 6.07) is 0.801.